The van der Waals surface area contributed by atoms with Crippen LogP contribution in [0.15, 0.2) is 52.8 Å². The molecular weight excluding hydrogens is 278 g/mol. The lowest BCUT2D eigenvalue weighted by Crippen LogP contribution is -2.48. The zero-order valence-corrected chi connectivity index (χ0v) is 13.1. The van der Waals surface area contributed by atoms with Crippen molar-refractivity contribution >= 4 is 17.3 Å². The maximum atomic E-state index is 6.22. The van der Waals surface area contributed by atoms with Crippen molar-refractivity contribution < 1.29 is 0 Å². The van der Waals surface area contributed by atoms with Gasteiger partial charge in [0, 0.05) is 4.88 Å². The van der Waals surface area contributed by atoms with Gasteiger partial charge < -0.3 is 10.6 Å². The number of hydrogen-bond donors (Lipinski definition) is 1. The summed E-state index contributed by atoms with van der Waals surface area (Å²) in [6, 6.07) is 14.9. The van der Waals surface area contributed by atoms with E-state index in [1.165, 1.54) is 10.4 Å². The van der Waals surface area contributed by atoms with E-state index in [4.69, 9.17) is 5.73 Å². The van der Waals surface area contributed by atoms with Crippen LogP contribution in [0.1, 0.15) is 30.2 Å². The molecule has 1 atom stereocenters. The van der Waals surface area contributed by atoms with E-state index in [-0.39, 0.29) is 5.54 Å². The molecule has 1 aromatic heterocycles. The molecule has 0 radical (unpaired) electrons. The summed E-state index contributed by atoms with van der Waals surface area (Å²) in [5.41, 5.74) is 7.44. The summed E-state index contributed by atoms with van der Waals surface area (Å²) in [4.78, 5) is 8.19. The lowest BCUT2D eigenvalue weighted by atomic mass is 9.84. The van der Waals surface area contributed by atoms with Crippen LogP contribution in [-0.4, -0.2) is 17.4 Å². The summed E-state index contributed by atoms with van der Waals surface area (Å²) in [6.07, 6.45) is 2.17. The Balaban J connectivity index is 1.98. The van der Waals surface area contributed by atoms with Crippen LogP contribution < -0.4 is 5.73 Å². The first kappa shape index (κ1) is 14.1. The highest BCUT2D eigenvalue weighted by Crippen LogP contribution is 2.38. The van der Waals surface area contributed by atoms with Crippen LogP contribution in [0.25, 0.3) is 0 Å². The third-order valence-corrected chi connectivity index (χ3v) is 5.03. The third kappa shape index (κ3) is 2.56. The van der Waals surface area contributed by atoms with Gasteiger partial charge in [-0.15, -0.1) is 11.3 Å². The highest BCUT2D eigenvalue weighted by Gasteiger charge is 2.42. The monoisotopic (exact) mass is 299 g/mol. The first-order valence-electron chi connectivity index (χ1n) is 7.42. The van der Waals surface area contributed by atoms with Gasteiger partial charge in [-0.1, -0.05) is 49.7 Å². The molecule has 0 spiro atoms. The zero-order valence-electron chi connectivity index (χ0n) is 12.3. The predicted molar refractivity (Wildman–Crippen MR) is 89.4 cm³/mol. The van der Waals surface area contributed by atoms with E-state index in [9.17, 15) is 0 Å². The maximum Gasteiger partial charge on any atom is 0.192 e. The number of guanidine groups is 1. The van der Waals surface area contributed by atoms with E-state index in [1.54, 1.807) is 11.3 Å². The number of hydrogen-bond acceptors (Lipinski definition) is 4. The van der Waals surface area contributed by atoms with Crippen molar-refractivity contribution in [3.8, 4) is 0 Å². The summed E-state index contributed by atoms with van der Waals surface area (Å²) in [5, 5.41) is 2.11. The largest absolute Gasteiger partial charge is 0.370 e. The molecule has 4 heteroatoms. The highest BCUT2D eigenvalue weighted by atomic mass is 32.1. The smallest absolute Gasteiger partial charge is 0.192 e. The fraction of sp³-hybridized carbons (Fsp3) is 0.353. The highest BCUT2D eigenvalue weighted by molar-refractivity contribution is 7.09. The van der Waals surface area contributed by atoms with Crippen molar-refractivity contribution in [2.75, 3.05) is 6.54 Å². The fourth-order valence-electron chi connectivity index (χ4n) is 3.16. The van der Waals surface area contributed by atoms with E-state index in [2.05, 4.69) is 64.7 Å². The number of nitrogens with zero attached hydrogens (tertiary/aromatic N) is 2. The van der Waals surface area contributed by atoms with E-state index in [0.717, 1.165) is 25.9 Å². The van der Waals surface area contributed by atoms with Gasteiger partial charge in [0.25, 0.3) is 0 Å². The SMILES string of the molecule is CCCC1(c2ccccc2)CN=C(N)N1Cc1cccs1. The summed E-state index contributed by atoms with van der Waals surface area (Å²) < 4.78 is 0. The van der Waals surface area contributed by atoms with Crippen molar-refractivity contribution in [3.05, 3.63) is 58.3 Å². The minimum atomic E-state index is -0.0932. The summed E-state index contributed by atoms with van der Waals surface area (Å²) >= 11 is 1.77. The third-order valence-electron chi connectivity index (χ3n) is 4.16. The summed E-state index contributed by atoms with van der Waals surface area (Å²) in [5.74, 6) is 0.667. The van der Waals surface area contributed by atoms with E-state index in [0.29, 0.717) is 5.96 Å². The number of benzene rings is 1. The molecule has 0 amide bonds. The molecule has 3 nitrogen and oxygen atoms in total. The fourth-order valence-corrected chi connectivity index (χ4v) is 3.85. The molecule has 2 aromatic rings. The van der Waals surface area contributed by atoms with Gasteiger partial charge in [-0.2, -0.15) is 0 Å². The van der Waals surface area contributed by atoms with Crippen LogP contribution in [0.4, 0.5) is 0 Å². The van der Waals surface area contributed by atoms with Gasteiger partial charge in [0.15, 0.2) is 5.96 Å². The minimum absolute atomic E-state index is 0.0932. The molecule has 1 aromatic carbocycles. The van der Waals surface area contributed by atoms with Crippen molar-refractivity contribution in [2.45, 2.75) is 31.8 Å². The molecule has 2 heterocycles. The van der Waals surface area contributed by atoms with Gasteiger partial charge in [0.1, 0.15) is 0 Å². The summed E-state index contributed by atoms with van der Waals surface area (Å²) in [7, 11) is 0. The van der Waals surface area contributed by atoms with Gasteiger partial charge in [-0.25, -0.2) is 0 Å². The zero-order chi connectivity index (χ0) is 14.7. The van der Waals surface area contributed by atoms with Gasteiger partial charge in [-0.3, -0.25) is 4.99 Å². The lowest BCUT2D eigenvalue weighted by molar-refractivity contribution is 0.179. The Morgan fingerprint density at radius 2 is 2.05 bits per heavy atom. The normalized spacial score (nSPS) is 21.6. The molecule has 2 N–H and O–H groups in total. The topological polar surface area (TPSA) is 41.6 Å². The Bertz CT molecular complexity index is 606. The Morgan fingerprint density at radius 3 is 2.71 bits per heavy atom. The maximum absolute atomic E-state index is 6.22. The van der Waals surface area contributed by atoms with Crippen molar-refractivity contribution in [3.63, 3.8) is 0 Å². The van der Waals surface area contributed by atoms with E-state index < -0.39 is 0 Å². The molecule has 0 bridgehead atoms. The number of nitrogens with two attached hydrogens (primary N) is 1. The number of rotatable bonds is 5. The van der Waals surface area contributed by atoms with E-state index >= 15 is 0 Å². The molecule has 3 rings (SSSR count). The number of thiophene rings is 1. The lowest BCUT2D eigenvalue weighted by Gasteiger charge is -2.39. The number of aliphatic imine (C=N–C) groups is 1. The second-order valence-electron chi connectivity index (χ2n) is 5.49. The first-order valence-corrected chi connectivity index (χ1v) is 8.30. The van der Waals surface area contributed by atoms with Crippen LogP contribution in [0, 0.1) is 0 Å². The first-order chi connectivity index (χ1) is 10.3. The van der Waals surface area contributed by atoms with Crippen molar-refractivity contribution in [2.24, 2.45) is 10.7 Å². The Kier molecular flexibility index (Phi) is 3.97. The second-order valence-corrected chi connectivity index (χ2v) is 6.52. The van der Waals surface area contributed by atoms with E-state index in [1.807, 2.05) is 0 Å². The average Bonchev–Trinajstić information content (AvgIpc) is 3.13. The Hall–Kier alpha value is -1.81. The van der Waals surface area contributed by atoms with Crippen LogP contribution >= 0.6 is 11.3 Å². The van der Waals surface area contributed by atoms with Crippen molar-refractivity contribution in [1.82, 2.24) is 4.90 Å². The average molecular weight is 299 g/mol. The van der Waals surface area contributed by atoms with Crippen LogP contribution in [-0.2, 0) is 12.1 Å². The molecule has 0 saturated heterocycles. The molecule has 0 fully saturated rings. The molecule has 0 aliphatic carbocycles. The standard InChI is InChI=1S/C17H21N3S/c1-2-10-17(14-7-4-3-5-8-14)13-19-16(18)20(17)12-15-9-6-11-21-15/h3-9,11H,2,10,12-13H2,1H3,(H2,18,19). The van der Waals surface area contributed by atoms with Gasteiger partial charge in [0.05, 0.1) is 18.6 Å². The minimum Gasteiger partial charge on any atom is -0.370 e. The van der Waals surface area contributed by atoms with Gasteiger partial charge in [0.2, 0.25) is 0 Å². The Labute approximate surface area is 130 Å². The van der Waals surface area contributed by atoms with Crippen molar-refractivity contribution in [1.29, 1.82) is 0 Å². The van der Waals surface area contributed by atoms with Gasteiger partial charge >= 0.3 is 0 Å². The molecule has 21 heavy (non-hydrogen) atoms. The molecular formula is C17H21N3S. The molecule has 1 aliphatic rings. The molecule has 0 saturated carbocycles. The molecule has 110 valence electrons. The molecule has 1 unspecified atom stereocenters. The van der Waals surface area contributed by atoms with Crippen LogP contribution in [0.2, 0.25) is 0 Å². The second kappa shape index (κ2) is 5.90. The predicted octanol–water partition coefficient (Wildman–Crippen LogP) is 3.57. The van der Waals surface area contributed by atoms with Gasteiger partial charge in [-0.05, 0) is 23.4 Å². The van der Waals surface area contributed by atoms with Crippen LogP contribution in [0.5, 0.6) is 0 Å². The Morgan fingerprint density at radius 1 is 1.24 bits per heavy atom. The van der Waals surface area contributed by atoms with Crippen LogP contribution in [0.3, 0.4) is 0 Å². The quantitative estimate of drug-likeness (QED) is 0.917. The summed E-state index contributed by atoms with van der Waals surface area (Å²) in [6.45, 7) is 3.81. The molecule has 1 aliphatic heterocycles.